The van der Waals surface area contributed by atoms with E-state index in [-0.39, 0.29) is 0 Å². The van der Waals surface area contributed by atoms with Crippen LogP contribution in [0.15, 0.2) is 23.3 Å². The number of benzene rings is 1. The predicted octanol–water partition coefficient (Wildman–Crippen LogP) is 4.79. The number of hydrogen-bond acceptors (Lipinski definition) is 2. The van der Waals surface area contributed by atoms with Gasteiger partial charge in [0.25, 0.3) is 0 Å². The average Bonchev–Trinajstić information content (AvgIpc) is 2.38. The molecule has 120 valence electrons. The van der Waals surface area contributed by atoms with Crippen LogP contribution in [0.3, 0.4) is 0 Å². The highest BCUT2D eigenvalue weighted by Gasteiger charge is 2.29. The third-order valence-corrected chi connectivity index (χ3v) is 4.40. The van der Waals surface area contributed by atoms with Crippen LogP contribution < -0.4 is 10.7 Å². The van der Waals surface area contributed by atoms with E-state index in [0.29, 0.717) is 16.4 Å². The van der Waals surface area contributed by atoms with Crippen LogP contribution in [-0.2, 0) is 0 Å². The maximum absolute atomic E-state index is 5.38. The van der Waals surface area contributed by atoms with Crippen molar-refractivity contribution in [2.75, 3.05) is 5.32 Å². The molecule has 0 heterocycles. The molecule has 0 amide bonds. The van der Waals surface area contributed by atoms with Crippen LogP contribution in [0.4, 0.5) is 5.69 Å². The lowest BCUT2D eigenvalue weighted by Gasteiger charge is -2.34. The van der Waals surface area contributed by atoms with Gasteiger partial charge in [-0.05, 0) is 67.8 Å². The average molecular weight is 318 g/mol. The van der Waals surface area contributed by atoms with Crippen molar-refractivity contribution < 1.29 is 0 Å². The fourth-order valence-corrected chi connectivity index (χ4v) is 3.63. The van der Waals surface area contributed by atoms with Crippen LogP contribution in [0.1, 0.15) is 51.2 Å². The Bertz CT molecular complexity index is 570. The molecule has 2 rings (SSSR count). The minimum absolute atomic E-state index is 0.333. The van der Waals surface area contributed by atoms with Gasteiger partial charge in [-0.25, -0.2) is 0 Å². The van der Waals surface area contributed by atoms with Crippen molar-refractivity contribution in [1.29, 1.82) is 0 Å². The van der Waals surface area contributed by atoms with Crippen LogP contribution in [-0.4, -0.2) is 10.8 Å². The highest BCUT2D eigenvalue weighted by Crippen LogP contribution is 2.36. The molecule has 1 aromatic carbocycles. The van der Waals surface area contributed by atoms with E-state index in [9.17, 15) is 0 Å². The summed E-state index contributed by atoms with van der Waals surface area (Å²) < 4.78 is 0. The van der Waals surface area contributed by atoms with Gasteiger partial charge in [0.05, 0.1) is 0 Å². The molecule has 0 radical (unpaired) electrons. The maximum Gasteiger partial charge on any atom is 0.191 e. The fraction of sp³-hybridized carbons (Fsp3) is 0.556. The molecule has 0 aliphatic heterocycles. The van der Waals surface area contributed by atoms with E-state index >= 15 is 0 Å². The monoisotopic (exact) mass is 317 g/mol. The van der Waals surface area contributed by atoms with Crippen molar-refractivity contribution in [3.05, 3.63) is 29.3 Å². The summed E-state index contributed by atoms with van der Waals surface area (Å²) in [4.78, 5) is 0. The summed E-state index contributed by atoms with van der Waals surface area (Å²) in [5, 5.41) is 8.37. The van der Waals surface area contributed by atoms with Crippen molar-refractivity contribution in [2.45, 2.75) is 53.9 Å². The lowest BCUT2D eigenvalue weighted by atomic mass is 9.72. The highest BCUT2D eigenvalue weighted by molar-refractivity contribution is 7.80. The lowest BCUT2D eigenvalue weighted by Crippen LogP contribution is -2.31. The minimum atomic E-state index is 0.333. The number of anilines is 1. The Labute approximate surface area is 139 Å². The molecule has 1 aliphatic rings. The molecule has 0 aromatic heterocycles. The Morgan fingerprint density at radius 2 is 1.91 bits per heavy atom. The topological polar surface area (TPSA) is 36.4 Å². The minimum Gasteiger partial charge on any atom is -0.331 e. The Balaban J connectivity index is 1.99. The number of aryl methyl sites for hydroxylation is 2. The Hall–Kier alpha value is -1.42. The molecule has 1 atom stereocenters. The van der Waals surface area contributed by atoms with Gasteiger partial charge in [0.2, 0.25) is 0 Å². The standard InChI is InChI=1S/C18H27N3S/c1-12-9-15(11-18(4,5)10-12)20-21-17(22)19-16-13(2)7-6-8-14(16)3/h6-8,12H,9-11H2,1-5H3,(H2,19,21,22)/b20-15+/t12-/m1/s1. The van der Waals surface area contributed by atoms with Crippen LogP contribution in [0.2, 0.25) is 0 Å². The number of thiocarbonyl (C=S) groups is 1. The van der Waals surface area contributed by atoms with Crippen LogP contribution in [0.5, 0.6) is 0 Å². The molecule has 0 saturated heterocycles. The molecule has 22 heavy (non-hydrogen) atoms. The van der Waals surface area contributed by atoms with Crippen LogP contribution in [0, 0.1) is 25.2 Å². The summed E-state index contributed by atoms with van der Waals surface area (Å²) in [6.45, 7) is 11.1. The third-order valence-electron chi connectivity index (χ3n) is 4.20. The van der Waals surface area contributed by atoms with E-state index in [1.807, 2.05) is 0 Å². The summed E-state index contributed by atoms with van der Waals surface area (Å²) in [6, 6.07) is 6.21. The van der Waals surface area contributed by atoms with Crippen LogP contribution >= 0.6 is 12.2 Å². The summed E-state index contributed by atoms with van der Waals surface area (Å²) in [7, 11) is 0. The van der Waals surface area contributed by atoms with E-state index < -0.39 is 0 Å². The SMILES string of the molecule is Cc1cccc(C)c1NC(=S)N/N=C1\C[C@@H](C)CC(C)(C)C1. The van der Waals surface area contributed by atoms with Gasteiger partial charge in [-0.3, -0.25) is 5.43 Å². The number of hydrogen-bond donors (Lipinski definition) is 2. The van der Waals surface area contributed by atoms with Crippen molar-refractivity contribution in [1.82, 2.24) is 5.43 Å². The second-order valence-electron chi connectivity index (χ2n) is 7.37. The number of rotatable bonds is 2. The molecule has 0 bridgehead atoms. The highest BCUT2D eigenvalue weighted by atomic mass is 32.1. The number of hydrazone groups is 1. The molecular weight excluding hydrogens is 290 g/mol. The summed E-state index contributed by atoms with van der Waals surface area (Å²) in [6.07, 6.45) is 3.36. The number of nitrogens with zero attached hydrogens (tertiary/aromatic N) is 1. The van der Waals surface area contributed by atoms with E-state index in [1.165, 1.54) is 23.3 Å². The zero-order chi connectivity index (χ0) is 16.3. The van der Waals surface area contributed by atoms with E-state index in [4.69, 9.17) is 12.2 Å². The molecule has 1 aliphatic carbocycles. The first-order chi connectivity index (χ1) is 10.3. The first kappa shape index (κ1) is 16.9. The van der Waals surface area contributed by atoms with Crippen molar-refractivity contribution in [3.8, 4) is 0 Å². The zero-order valence-electron chi connectivity index (χ0n) is 14.3. The fourth-order valence-electron chi connectivity index (χ4n) is 3.48. The summed E-state index contributed by atoms with van der Waals surface area (Å²) in [5.74, 6) is 0.685. The quantitative estimate of drug-likeness (QED) is 0.608. The van der Waals surface area contributed by atoms with Gasteiger partial charge in [0.1, 0.15) is 0 Å². The van der Waals surface area contributed by atoms with Gasteiger partial charge in [0, 0.05) is 11.4 Å². The van der Waals surface area contributed by atoms with Gasteiger partial charge < -0.3 is 5.32 Å². The van der Waals surface area contributed by atoms with Gasteiger partial charge in [-0.2, -0.15) is 5.10 Å². The molecule has 4 heteroatoms. The van der Waals surface area contributed by atoms with Crippen molar-refractivity contribution in [2.24, 2.45) is 16.4 Å². The van der Waals surface area contributed by atoms with Crippen molar-refractivity contribution >= 4 is 28.7 Å². The summed E-state index contributed by atoms with van der Waals surface area (Å²) in [5.41, 5.74) is 8.01. The zero-order valence-corrected chi connectivity index (χ0v) is 15.1. The Morgan fingerprint density at radius 3 is 2.50 bits per heavy atom. The first-order valence-corrected chi connectivity index (χ1v) is 8.36. The smallest absolute Gasteiger partial charge is 0.191 e. The third kappa shape index (κ3) is 4.54. The summed E-state index contributed by atoms with van der Waals surface area (Å²) >= 11 is 5.38. The molecule has 1 saturated carbocycles. The van der Waals surface area contributed by atoms with E-state index in [1.54, 1.807) is 0 Å². The molecule has 2 N–H and O–H groups in total. The molecule has 1 aromatic rings. The van der Waals surface area contributed by atoms with Gasteiger partial charge in [-0.15, -0.1) is 0 Å². The molecule has 1 fully saturated rings. The molecule has 3 nitrogen and oxygen atoms in total. The van der Waals surface area contributed by atoms with E-state index in [0.717, 1.165) is 18.5 Å². The molecule has 0 spiro atoms. The van der Waals surface area contributed by atoms with Gasteiger partial charge in [0.15, 0.2) is 5.11 Å². The second kappa shape index (κ2) is 6.78. The Morgan fingerprint density at radius 1 is 1.27 bits per heavy atom. The second-order valence-corrected chi connectivity index (χ2v) is 7.77. The predicted molar refractivity (Wildman–Crippen MR) is 99.5 cm³/mol. The molecular formula is C18H27N3S. The first-order valence-electron chi connectivity index (χ1n) is 7.95. The maximum atomic E-state index is 5.38. The van der Waals surface area contributed by atoms with Gasteiger partial charge >= 0.3 is 0 Å². The largest absolute Gasteiger partial charge is 0.331 e. The van der Waals surface area contributed by atoms with Crippen LogP contribution in [0.25, 0.3) is 0 Å². The molecule has 0 unspecified atom stereocenters. The normalized spacial score (nSPS) is 22.4. The number of para-hydroxylation sites is 1. The van der Waals surface area contributed by atoms with Crippen molar-refractivity contribution in [3.63, 3.8) is 0 Å². The number of nitrogens with one attached hydrogen (secondary N) is 2. The Kier molecular flexibility index (Phi) is 5.22. The lowest BCUT2D eigenvalue weighted by molar-refractivity contribution is 0.265. The van der Waals surface area contributed by atoms with Gasteiger partial charge in [-0.1, -0.05) is 39.0 Å². The van der Waals surface area contributed by atoms with E-state index in [2.05, 4.69) is 68.7 Å².